The Morgan fingerprint density at radius 1 is 1.35 bits per heavy atom. The Balaban J connectivity index is 1.93. The zero-order valence-corrected chi connectivity index (χ0v) is 12.1. The second-order valence-corrected chi connectivity index (χ2v) is 5.48. The van der Waals surface area contributed by atoms with E-state index in [4.69, 9.17) is 4.42 Å². The monoisotopic (exact) mass is 286 g/mol. The molecule has 3 heterocycles. The molecule has 0 spiro atoms. The first kappa shape index (κ1) is 12.9. The Morgan fingerprint density at radius 2 is 2.20 bits per heavy atom. The molecular weight excluding hydrogens is 272 g/mol. The SMILES string of the molecule is Cc1ccn(Cc2nc(-c3ccsc3)oc2C)c(=O)c1. The average Bonchev–Trinajstić information content (AvgIpc) is 3.03. The summed E-state index contributed by atoms with van der Waals surface area (Å²) >= 11 is 1.60. The smallest absolute Gasteiger partial charge is 0.251 e. The summed E-state index contributed by atoms with van der Waals surface area (Å²) in [6.45, 7) is 4.21. The van der Waals surface area contributed by atoms with Crippen LogP contribution in [0.4, 0.5) is 0 Å². The van der Waals surface area contributed by atoms with E-state index in [9.17, 15) is 4.79 Å². The third-order valence-electron chi connectivity index (χ3n) is 3.13. The number of aryl methyl sites for hydroxylation is 2. The molecule has 0 atom stereocenters. The van der Waals surface area contributed by atoms with Crippen LogP contribution in [0.1, 0.15) is 17.0 Å². The summed E-state index contributed by atoms with van der Waals surface area (Å²) in [6.07, 6.45) is 1.79. The number of hydrogen-bond donors (Lipinski definition) is 0. The molecule has 0 amide bonds. The summed E-state index contributed by atoms with van der Waals surface area (Å²) in [5.41, 5.74) is 2.70. The molecule has 0 aromatic carbocycles. The van der Waals surface area contributed by atoms with Crippen LogP contribution >= 0.6 is 11.3 Å². The Labute approximate surface area is 120 Å². The molecule has 0 aliphatic heterocycles. The van der Waals surface area contributed by atoms with Gasteiger partial charge in [-0.1, -0.05) is 0 Å². The van der Waals surface area contributed by atoms with Crippen molar-refractivity contribution in [1.82, 2.24) is 9.55 Å². The molecule has 102 valence electrons. The molecule has 0 fully saturated rings. The van der Waals surface area contributed by atoms with E-state index in [1.807, 2.05) is 36.7 Å². The normalized spacial score (nSPS) is 10.9. The van der Waals surface area contributed by atoms with Crippen LogP contribution in [0.2, 0.25) is 0 Å². The molecular formula is C15H14N2O2S. The average molecular weight is 286 g/mol. The molecule has 0 aliphatic rings. The van der Waals surface area contributed by atoms with Crippen molar-refractivity contribution >= 4 is 11.3 Å². The molecule has 0 aliphatic carbocycles. The van der Waals surface area contributed by atoms with Gasteiger partial charge in [-0.3, -0.25) is 4.79 Å². The summed E-state index contributed by atoms with van der Waals surface area (Å²) in [7, 11) is 0. The molecule has 0 N–H and O–H groups in total. The highest BCUT2D eigenvalue weighted by molar-refractivity contribution is 7.08. The fraction of sp³-hybridized carbons (Fsp3) is 0.200. The molecule has 20 heavy (non-hydrogen) atoms. The molecule has 0 bridgehead atoms. The van der Waals surface area contributed by atoms with E-state index in [1.54, 1.807) is 28.2 Å². The molecule has 5 heteroatoms. The van der Waals surface area contributed by atoms with Crippen molar-refractivity contribution < 1.29 is 4.42 Å². The van der Waals surface area contributed by atoms with Crippen molar-refractivity contribution in [2.75, 3.05) is 0 Å². The van der Waals surface area contributed by atoms with Crippen LogP contribution in [-0.2, 0) is 6.54 Å². The molecule has 3 rings (SSSR count). The Morgan fingerprint density at radius 3 is 2.90 bits per heavy atom. The van der Waals surface area contributed by atoms with Crippen LogP contribution in [0, 0.1) is 13.8 Å². The van der Waals surface area contributed by atoms with Crippen LogP contribution in [0.25, 0.3) is 11.5 Å². The summed E-state index contributed by atoms with van der Waals surface area (Å²) in [4.78, 5) is 16.4. The lowest BCUT2D eigenvalue weighted by Gasteiger charge is -2.03. The first-order chi connectivity index (χ1) is 9.63. The third-order valence-corrected chi connectivity index (χ3v) is 3.82. The van der Waals surface area contributed by atoms with Gasteiger partial charge in [-0.15, -0.1) is 0 Å². The fourth-order valence-corrected chi connectivity index (χ4v) is 2.61. The lowest BCUT2D eigenvalue weighted by atomic mass is 10.3. The maximum absolute atomic E-state index is 11.9. The van der Waals surface area contributed by atoms with Crippen molar-refractivity contribution in [3.05, 3.63) is 62.5 Å². The van der Waals surface area contributed by atoms with Crippen LogP contribution < -0.4 is 5.56 Å². The van der Waals surface area contributed by atoms with Gasteiger partial charge >= 0.3 is 0 Å². The van der Waals surface area contributed by atoms with E-state index in [0.29, 0.717) is 12.4 Å². The number of thiophene rings is 1. The second-order valence-electron chi connectivity index (χ2n) is 4.70. The maximum Gasteiger partial charge on any atom is 0.251 e. The van der Waals surface area contributed by atoms with Gasteiger partial charge in [0.15, 0.2) is 0 Å². The van der Waals surface area contributed by atoms with Gasteiger partial charge in [-0.2, -0.15) is 11.3 Å². The number of pyridine rings is 1. The van der Waals surface area contributed by atoms with Crippen molar-refractivity contribution in [2.24, 2.45) is 0 Å². The van der Waals surface area contributed by atoms with E-state index in [0.717, 1.165) is 22.6 Å². The van der Waals surface area contributed by atoms with E-state index >= 15 is 0 Å². The van der Waals surface area contributed by atoms with E-state index in [-0.39, 0.29) is 5.56 Å². The summed E-state index contributed by atoms with van der Waals surface area (Å²) in [6, 6.07) is 5.50. The number of aromatic nitrogens is 2. The zero-order valence-electron chi connectivity index (χ0n) is 11.3. The number of oxazole rings is 1. The molecule has 0 radical (unpaired) electrons. The van der Waals surface area contributed by atoms with Crippen molar-refractivity contribution in [3.63, 3.8) is 0 Å². The maximum atomic E-state index is 11.9. The molecule has 0 unspecified atom stereocenters. The van der Waals surface area contributed by atoms with E-state index in [2.05, 4.69) is 4.98 Å². The fourth-order valence-electron chi connectivity index (χ4n) is 1.98. The molecule has 0 saturated carbocycles. The second kappa shape index (κ2) is 5.09. The van der Waals surface area contributed by atoms with Crippen molar-refractivity contribution in [1.29, 1.82) is 0 Å². The van der Waals surface area contributed by atoms with Crippen LogP contribution in [-0.4, -0.2) is 9.55 Å². The quantitative estimate of drug-likeness (QED) is 0.742. The topological polar surface area (TPSA) is 48.0 Å². The van der Waals surface area contributed by atoms with Crippen LogP contribution in [0.15, 0.2) is 44.4 Å². The number of rotatable bonds is 3. The van der Waals surface area contributed by atoms with Gasteiger partial charge in [0, 0.05) is 23.2 Å². The van der Waals surface area contributed by atoms with Crippen molar-refractivity contribution in [3.8, 4) is 11.5 Å². The summed E-state index contributed by atoms with van der Waals surface area (Å²) in [5.74, 6) is 1.36. The van der Waals surface area contributed by atoms with E-state index < -0.39 is 0 Å². The minimum absolute atomic E-state index is 0.0236. The predicted molar refractivity (Wildman–Crippen MR) is 79.1 cm³/mol. The van der Waals surface area contributed by atoms with Gasteiger partial charge in [0.05, 0.1) is 6.54 Å². The Kier molecular flexibility index (Phi) is 3.28. The molecule has 3 aromatic rings. The Hall–Kier alpha value is -2.14. The number of hydrogen-bond acceptors (Lipinski definition) is 4. The van der Waals surface area contributed by atoms with Gasteiger partial charge in [0.25, 0.3) is 5.56 Å². The summed E-state index contributed by atoms with van der Waals surface area (Å²) in [5, 5.41) is 3.98. The van der Waals surface area contributed by atoms with Gasteiger partial charge in [-0.25, -0.2) is 4.98 Å². The van der Waals surface area contributed by atoms with Crippen LogP contribution in [0.5, 0.6) is 0 Å². The highest BCUT2D eigenvalue weighted by atomic mass is 32.1. The third kappa shape index (κ3) is 2.44. The molecule has 0 saturated heterocycles. The minimum Gasteiger partial charge on any atom is -0.441 e. The lowest BCUT2D eigenvalue weighted by Crippen LogP contribution is -2.19. The lowest BCUT2D eigenvalue weighted by molar-refractivity contribution is 0.537. The molecule has 3 aromatic heterocycles. The van der Waals surface area contributed by atoms with Gasteiger partial charge in [0.2, 0.25) is 5.89 Å². The van der Waals surface area contributed by atoms with Gasteiger partial charge in [-0.05, 0) is 36.9 Å². The van der Waals surface area contributed by atoms with Gasteiger partial charge in [0.1, 0.15) is 11.5 Å². The highest BCUT2D eigenvalue weighted by Crippen LogP contribution is 2.23. The standard InChI is InChI=1S/C15H14N2O2S/c1-10-3-5-17(14(18)7-10)8-13-11(2)19-15(16-13)12-4-6-20-9-12/h3-7,9H,8H2,1-2H3. The number of nitrogens with zero attached hydrogens (tertiary/aromatic N) is 2. The highest BCUT2D eigenvalue weighted by Gasteiger charge is 2.12. The Bertz CT molecular complexity index is 785. The van der Waals surface area contributed by atoms with Gasteiger partial charge < -0.3 is 8.98 Å². The first-order valence-electron chi connectivity index (χ1n) is 6.29. The van der Waals surface area contributed by atoms with Crippen molar-refractivity contribution in [2.45, 2.75) is 20.4 Å². The summed E-state index contributed by atoms with van der Waals surface area (Å²) < 4.78 is 7.31. The predicted octanol–water partition coefficient (Wildman–Crippen LogP) is 3.23. The minimum atomic E-state index is -0.0236. The zero-order chi connectivity index (χ0) is 14.1. The molecule has 4 nitrogen and oxygen atoms in total. The van der Waals surface area contributed by atoms with E-state index in [1.165, 1.54) is 0 Å². The largest absolute Gasteiger partial charge is 0.441 e. The van der Waals surface area contributed by atoms with Crippen LogP contribution in [0.3, 0.4) is 0 Å². The first-order valence-corrected chi connectivity index (χ1v) is 7.24.